The average Bonchev–Trinajstić information content (AvgIpc) is 2.66. The van der Waals surface area contributed by atoms with E-state index < -0.39 is 28.4 Å². The Balaban J connectivity index is 1.71. The molecule has 0 unspecified atom stereocenters. The van der Waals surface area contributed by atoms with E-state index in [1.54, 1.807) is 12.1 Å². The van der Waals surface area contributed by atoms with E-state index in [2.05, 4.69) is 10.0 Å². The van der Waals surface area contributed by atoms with Gasteiger partial charge < -0.3 is 10.1 Å². The van der Waals surface area contributed by atoms with Gasteiger partial charge in [-0.2, -0.15) is 0 Å². The van der Waals surface area contributed by atoms with Crippen LogP contribution in [0.2, 0.25) is 0 Å². The van der Waals surface area contributed by atoms with Gasteiger partial charge in [-0.3, -0.25) is 9.59 Å². The first kappa shape index (κ1) is 21.4. The van der Waals surface area contributed by atoms with E-state index >= 15 is 0 Å². The fourth-order valence-electron chi connectivity index (χ4n) is 2.97. The van der Waals surface area contributed by atoms with E-state index in [-0.39, 0.29) is 11.4 Å². The number of rotatable bonds is 8. The molecule has 2 N–H and O–H groups in total. The second kappa shape index (κ2) is 9.85. The van der Waals surface area contributed by atoms with Gasteiger partial charge in [0.1, 0.15) is 6.54 Å². The molecule has 1 fully saturated rings. The third-order valence-electron chi connectivity index (χ3n) is 4.85. The maximum atomic E-state index is 12.2. The second-order valence-corrected chi connectivity index (χ2v) is 8.80. The molecule has 1 saturated carbocycles. The predicted octanol–water partition coefficient (Wildman–Crippen LogP) is 1.82. The highest BCUT2D eigenvalue weighted by Gasteiger charge is 2.18. The van der Waals surface area contributed by atoms with Crippen LogP contribution in [-0.4, -0.2) is 40.0 Å². The molecule has 0 spiro atoms. The van der Waals surface area contributed by atoms with Crippen molar-refractivity contribution in [2.24, 2.45) is 5.92 Å². The zero-order valence-electron chi connectivity index (χ0n) is 15.9. The Labute approximate surface area is 160 Å². The zero-order chi connectivity index (χ0) is 19.9. The van der Waals surface area contributed by atoms with Crippen molar-refractivity contribution in [3.63, 3.8) is 0 Å². The van der Waals surface area contributed by atoms with Crippen LogP contribution < -0.4 is 10.0 Å². The first-order valence-corrected chi connectivity index (χ1v) is 10.8. The maximum absolute atomic E-state index is 12.2. The molecule has 1 amide bonds. The third-order valence-corrected chi connectivity index (χ3v) is 6.24. The SMILES string of the molecule is Cc1ccc(S(=O)(=O)NCC(=O)NCC(=O)OCC2CCCCC2)cc1C. The van der Waals surface area contributed by atoms with Gasteiger partial charge in [0.25, 0.3) is 0 Å². The number of esters is 1. The number of ether oxygens (including phenoxy) is 1. The standard InChI is InChI=1S/C19H28N2O5S/c1-14-8-9-17(10-15(14)2)27(24,25)21-11-18(22)20-12-19(23)26-13-16-6-4-3-5-7-16/h8-10,16,21H,3-7,11-13H2,1-2H3,(H,20,22). The van der Waals surface area contributed by atoms with Crippen LogP contribution in [0.4, 0.5) is 0 Å². The molecule has 1 aliphatic carbocycles. The van der Waals surface area contributed by atoms with Crippen LogP contribution in [0.25, 0.3) is 0 Å². The number of hydrogen-bond acceptors (Lipinski definition) is 5. The molecule has 1 aliphatic rings. The fourth-order valence-corrected chi connectivity index (χ4v) is 4.04. The van der Waals surface area contributed by atoms with E-state index in [9.17, 15) is 18.0 Å². The second-order valence-electron chi connectivity index (χ2n) is 7.03. The quantitative estimate of drug-likeness (QED) is 0.653. The highest BCUT2D eigenvalue weighted by molar-refractivity contribution is 7.89. The van der Waals surface area contributed by atoms with E-state index in [4.69, 9.17) is 4.74 Å². The molecule has 0 saturated heterocycles. The van der Waals surface area contributed by atoms with Crippen molar-refractivity contribution in [2.45, 2.75) is 50.8 Å². The number of carbonyl (C=O) groups excluding carboxylic acids is 2. The molecular weight excluding hydrogens is 368 g/mol. The van der Waals surface area contributed by atoms with E-state index in [0.29, 0.717) is 12.5 Å². The van der Waals surface area contributed by atoms with Crippen LogP contribution in [0.5, 0.6) is 0 Å². The van der Waals surface area contributed by atoms with Gasteiger partial charge in [-0.15, -0.1) is 0 Å². The van der Waals surface area contributed by atoms with Crippen molar-refractivity contribution in [2.75, 3.05) is 19.7 Å². The summed E-state index contributed by atoms with van der Waals surface area (Å²) in [6, 6.07) is 4.76. The summed E-state index contributed by atoms with van der Waals surface area (Å²) in [6.07, 6.45) is 5.71. The lowest BCUT2D eigenvalue weighted by Crippen LogP contribution is -2.39. The van der Waals surface area contributed by atoms with Crippen LogP contribution in [0.15, 0.2) is 23.1 Å². The molecule has 7 nitrogen and oxygen atoms in total. The molecule has 1 aromatic rings. The number of carbonyl (C=O) groups is 2. The van der Waals surface area contributed by atoms with E-state index in [1.165, 1.54) is 25.3 Å². The van der Waals surface area contributed by atoms with Gasteiger partial charge in [0.2, 0.25) is 15.9 Å². The van der Waals surface area contributed by atoms with Gasteiger partial charge in [0, 0.05) is 0 Å². The van der Waals surface area contributed by atoms with Crippen molar-refractivity contribution < 1.29 is 22.7 Å². The van der Waals surface area contributed by atoms with Gasteiger partial charge in [-0.25, -0.2) is 13.1 Å². The first-order valence-electron chi connectivity index (χ1n) is 9.27. The molecule has 2 rings (SSSR count). The van der Waals surface area contributed by atoms with Gasteiger partial charge in [0.15, 0.2) is 0 Å². The molecule has 0 aliphatic heterocycles. The van der Waals surface area contributed by atoms with Crippen LogP contribution in [0, 0.1) is 19.8 Å². The largest absolute Gasteiger partial charge is 0.464 e. The Morgan fingerprint density at radius 3 is 2.44 bits per heavy atom. The molecule has 0 aromatic heterocycles. The number of nitrogens with one attached hydrogen (secondary N) is 2. The summed E-state index contributed by atoms with van der Waals surface area (Å²) in [7, 11) is -3.78. The summed E-state index contributed by atoms with van der Waals surface area (Å²) in [5.41, 5.74) is 1.83. The maximum Gasteiger partial charge on any atom is 0.325 e. The zero-order valence-corrected chi connectivity index (χ0v) is 16.7. The minimum atomic E-state index is -3.78. The number of aryl methyl sites for hydroxylation is 2. The van der Waals surface area contributed by atoms with Gasteiger partial charge in [-0.05, 0) is 55.9 Å². The van der Waals surface area contributed by atoms with Gasteiger partial charge >= 0.3 is 5.97 Å². The highest BCUT2D eigenvalue weighted by atomic mass is 32.2. The smallest absolute Gasteiger partial charge is 0.325 e. The number of amides is 1. The van der Waals surface area contributed by atoms with Gasteiger partial charge in [0.05, 0.1) is 18.0 Å². The summed E-state index contributed by atoms with van der Waals surface area (Å²) < 4.78 is 31.9. The minimum absolute atomic E-state index is 0.102. The Morgan fingerprint density at radius 1 is 1.07 bits per heavy atom. The fraction of sp³-hybridized carbons (Fsp3) is 0.579. The number of sulfonamides is 1. The molecule has 27 heavy (non-hydrogen) atoms. The van der Waals surface area contributed by atoms with Crippen LogP contribution >= 0.6 is 0 Å². The van der Waals surface area contributed by atoms with Crippen molar-refractivity contribution in [3.8, 4) is 0 Å². The lowest BCUT2D eigenvalue weighted by molar-refractivity contribution is -0.145. The van der Waals surface area contributed by atoms with E-state index in [1.807, 2.05) is 13.8 Å². The molecule has 8 heteroatoms. The highest BCUT2D eigenvalue weighted by Crippen LogP contribution is 2.23. The van der Waals surface area contributed by atoms with Crippen LogP contribution in [0.3, 0.4) is 0 Å². The molecule has 0 atom stereocenters. The minimum Gasteiger partial charge on any atom is -0.464 e. The van der Waals surface area contributed by atoms with Crippen molar-refractivity contribution in [3.05, 3.63) is 29.3 Å². The summed E-state index contributed by atoms with van der Waals surface area (Å²) in [6.45, 7) is 3.39. The van der Waals surface area contributed by atoms with Crippen molar-refractivity contribution >= 4 is 21.9 Å². The molecule has 0 bridgehead atoms. The lowest BCUT2D eigenvalue weighted by atomic mass is 9.90. The Hall–Kier alpha value is -1.93. The number of hydrogen-bond donors (Lipinski definition) is 2. The molecule has 0 radical (unpaired) electrons. The summed E-state index contributed by atoms with van der Waals surface area (Å²) in [5, 5.41) is 2.37. The summed E-state index contributed by atoms with van der Waals surface area (Å²) in [5.74, 6) is -0.689. The van der Waals surface area contributed by atoms with E-state index in [0.717, 1.165) is 24.0 Å². The van der Waals surface area contributed by atoms with Crippen LogP contribution in [-0.2, 0) is 24.3 Å². The molecule has 1 aromatic carbocycles. The third kappa shape index (κ3) is 6.95. The first-order chi connectivity index (χ1) is 12.8. The van der Waals surface area contributed by atoms with Crippen LogP contribution in [0.1, 0.15) is 43.2 Å². The molecular formula is C19H28N2O5S. The number of benzene rings is 1. The molecule has 150 valence electrons. The Morgan fingerprint density at radius 2 is 1.78 bits per heavy atom. The summed E-state index contributed by atoms with van der Waals surface area (Å²) >= 11 is 0. The lowest BCUT2D eigenvalue weighted by Gasteiger charge is -2.21. The van der Waals surface area contributed by atoms with Gasteiger partial charge in [-0.1, -0.05) is 25.3 Å². The average molecular weight is 397 g/mol. The summed E-state index contributed by atoms with van der Waals surface area (Å²) in [4.78, 5) is 23.6. The monoisotopic (exact) mass is 396 g/mol. The normalized spacial score (nSPS) is 15.3. The van der Waals surface area contributed by atoms with Crippen molar-refractivity contribution in [1.29, 1.82) is 0 Å². The Kier molecular flexibility index (Phi) is 7.79. The topological polar surface area (TPSA) is 102 Å². The Bertz CT molecular complexity index is 770. The predicted molar refractivity (Wildman–Crippen MR) is 102 cm³/mol. The molecule has 0 heterocycles. The van der Waals surface area contributed by atoms with Crippen molar-refractivity contribution in [1.82, 2.24) is 10.0 Å².